The minimum Gasteiger partial charge on any atom is -0.506 e. The first kappa shape index (κ1) is 15.0. The fourth-order valence-electron chi connectivity index (χ4n) is 1.40. The molecule has 0 saturated carbocycles. The minimum absolute atomic E-state index is 0.112. The fraction of sp³-hybridized carbons (Fsp3) is 0.500. The van der Waals surface area contributed by atoms with Gasteiger partial charge in [-0.25, -0.2) is 0 Å². The number of hydrogen-bond acceptors (Lipinski definition) is 3. The third-order valence-corrected chi connectivity index (χ3v) is 4.10. The van der Waals surface area contributed by atoms with E-state index >= 15 is 0 Å². The molecular weight excluding hydrogens is 277 g/mol. The standard InChI is InChI=1S/C12H17Cl2NOS/c1-8(17-2)3-4-15-7-9-5-10(13)6-11(14)12(9)16/h5-6,8,15-16H,3-4,7H2,1-2H3. The van der Waals surface area contributed by atoms with E-state index in [0.29, 0.717) is 21.8 Å². The molecule has 1 aromatic rings. The maximum atomic E-state index is 9.74. The molecule has 0 amide bonds. The second kappa shape index (κ2) is 7.37. The number of halogens is 2. The van der Waals surface area contributed by atoms with E-state index in [4.69, 9.17) is 23.2 Å². The molecule has 0 aliphatic carbocycles. The van der Waals surface area contributed by atoms with E-state index < -0.39 is 0 Å². The molecule has 1 aromatic carbocycles. The van der Waals surface area contributed by atoms with Crippen molar-refractivity contribution in [2.75, 3.05) is 12.8 Å². The average Bonchev–Trinajstić information content (AvgIpc) is 2.30. The summed E-state index contributed by atoms with van der Waals surface area (Å²) in [7, 11) is 0. The number of benzene rings is 1. The van der Waals surface area contributed by atoms with E-state index in [1.165, 1.54) is 6.07 Å². The van der Waals surface area contributed by atoms with Crippen molar-refractivity contribution in [1.82, 2.24) is 5.32 Å². The molecule has 0 saturated heterocycles. The number of hydrogen-bond donors (Lipinski definition) is 2. The zero-order valence-electron chi connectivity index (χ0n) is 9.96. The van der Waals surface area contributed by atoms with Crippen LogP contribution in [-0.4, -0.2) is 23.2 Å². The van der Waals surface area contributed by atoms with Crippen LogP contribution in [0.25, 0.3) is 0 Å². The maximum absolute atomic E-state index is 9.74. The van der Waals surface area contributed by atoms with Crippen molar-refractivity contribution in [3.8, 4) is 5.75 Å². The molecule has 0 spiro atoms. The number of aromatic hydroxyl groups is 1. The van der Waals surface area contributed by atoms with Crippen molar-refractivity contribution in [3.05, 3.63) is 27.7 Å². The largest absolute Gasteiger partial charge is 0.506 e. The van der Waals surface area contributed by atoms with Crippen molar-refractivity contribution in [1.29, 1.82) is 0 Å². The van der Waals surface area contributed by atoms with Crippen molar-refractivity contribution in [2.24, 2.45) is 0 Å². The van der Waals surface area contributed by atoms with E-state index in [1.807, 2.05) is 11.8 Å². The molecule has 0 bridgehead atoms. The first-order chi connectivity index (χ1) is 8.04. The Morgan fingerprint density at radius 2 is 2.12 bits per heavy atom. The highest BCUT2D eigenvalue weighted by Crippen LogP contribution is 2.30. The Labute approximate surface area is 117 Å². The van der Waals surface area contributed by atoms with Crippen molar-refractivity contribution < 1.29 is 5.11 Å². The first-order valence-corrected chi connectivity index (χ1v) is 7.49. The highest BCUT2D eigenvalue weighted by Gasteiger charge is 2.07. The molecule has 0 aliphatic rings. The van der Waals surface area contributed by atoms with Gasteiger partial charge in [0.05, 0.1) is 5.02 Å². The third-order valence-electron chi connectivity index (χ3n) is 2.55. The summed E-state index contributed by atoms with van der Waals surface area (Å²) in [4.78, 5) is 0. The summed E-state index contributed by atoms with van der Waals surface area (Å²) in [6.45, 7) is 3.68. The van der Waals surface area contributed by atoms with Gasteiger partial charge in [-0.3, -0.25) is 0 Å². The highest BCUT2D eigenvalue weighted by molar-refractivity contribution is 7.99. The average molecular weight is 294 g/mol. The molecule has 2 nitrogen and oxygen atoms in total. The number of thioether (sulfide) groups is 1. The van der Waals surface area contributed by atoms with E-state index in [-0.39, 0.29) is 5.75 Å². The maximum Gasteiger partial charge on any atom is 0.138 e. The van der Waals surface area contributed by atoms with Crippen LogP contribution in [-0.2, 0) is 6.54 Å². The predicted octanol–water partition coefficient (Wildman–Crippen LogP) is 3.93. The highest BCUT2D eigenvalue weighted by atomic mass is 35.5. The quantitative estimate of drug-likeness (QED) is 0.780. The van der Waals surface area contributed by atoms with E-state index in [2.05, 4.69) is 18.5 Å². The minimum atomic E-state index is 0.112. The van der Waals surface area contributed by atoms with Crippen molar-refractivity contribution >= 4 is 35.0 Å². The second-order valence-electron chi connectivity index (χ2n) is 3.91. The van der Waals surface area contributed by atoms with Gasteiger partial charge in [-0.15, -0.1) is 0 Å². The summed E-state index contributed by atoms with van der Waals surface area (Å²) in [6, 6.07) is 3.27. The zero-order chi connectivity index (χ0) is 12.8. The molecule has 1 atom stereocenters. The predicted molar refractivity (Wildman–Crippen MR) is 77.4 cm³/mol. The second-order valence-corrected chi connectivity index (χ2v) is 6.03. The van der Waals surface area contributed by atoms with Gasteiger partial charge in [-0.2, -0.15) is 11.8 Å². The molecule has 96 valence electrons. The summed E-state index contributed by atoms with van der Waals surface area (Å²) in [5, 5.41) is 14.5. The van der Waals surface area contributed by atoms with Gasteiger partial charge in [0.25, 0.3) is 0 Å². The Bertz CT molecular complexity index is 374. The van der Waals surface area contributed by atoms with Crippen LogP contribution in [0.2, 0.25) is 10.0 Å². The van der Waals surface area contributed by atoms with E-state index in [0.717, 1.165) is 18.5 Å². The van der Waals surface area contributed by atoms with Crippen LogP contribution in [0.1, 0.15) is 18.9 Å². The SMILES string of the molecule is CSC(C)CCNCc1cc(Cl)cc(Cl)c1O. The van der Waals surface area contributed by atoms with Gasteiger partial charge in [0.1, 0.15) is 5.75 Å². The van der Waals surface area contributed by atoms with Gasteiger partial charge < -0.3 is 10.4 Å². The van der Waals surface area contributed by atoms with Crippen LogP contribution in [0.15, 0.2) is 12.1 Å². The van der Waals surface area contributed by atoms with Crippen molar-refractivity contribution in [2.45, 2.75) is 25.1 Å². The Hall–Kier alpha value is -0.0900. The molecule has 17 heavy (non-hydrogen) atoms. The topological polar surface area (TPSA) is 32.3 Å². The Kier molecular flexibility index (Phi) is 6.49. The third kappa shape index (κ3) is 4.96. The molecule has 0 aliphatic heterocycles. The Balaban J connectivity index is 2.47. The van der Waals surface area contributed by atoms with Gasteiger partial charge in [0, 0.05) is 22.4 Å². The number of phenolic OH excluding ortho intramolecular Hbond substituents is 1. The first-order valence-electron chi connectivity index (χ1n) is 5.45. The van der Waals surface area contributed by atoms with E-state index in [9.17, 15) is 5.11 Å². The molecule has 2 N–H and O–H groups in total. The normalized spacial score (nSPS) is 12.7. The molecule has 0 aromatic heterocycles. The molecule has 1 unspecified atom stereocenters. The van der Waals surface area contributed by atoms with Crippen molar-refractivity contribution in [3.63, 3.8) is 0 Å². The monoisotopic (exact) mass is 293 g/mol. The number of nitrogens with one attached hydrogen (secondary N) is 1. The summed E-state index contributed by atoms with van der Waals surface area (Å²) in [5.41, 5.74) is 0.735. The number of phenols is 1. The molecule has 0 heterocycles. The Morgan fingerprint density at radius 1 is 1.41 bits per heavy atom. The molecule has 0 radical (unpaired) electrons. The van der Waals surface area contributed by atoms with Gasteiger partial charge in [0.2, 0.25) is 0 Å². The lowest BCUT2D eigenvalue weighted by Gasteiger charge is -2.11. The summed E-state index contributed by atoms with van der Waals surface area (Å²) in [6.07, 6.45) is 3.20. The van der Waals surface area contributed by atoms with Crippen LogP contribution in [0.4, 0.5) is 0 Å². The van der Waals surface area contributed by atoms with E-state index in [1.54, 1.807) is 6.07 Å². The number of rotatable bonds is 6. The van der Waals surface area contributed by atoms with Crippen LogP contribution in [0, 0.1) is 0 Å². The van der Waals surface area contributed by atoms with Crippen LogP contribution >= 0.6 is 35.0 Å². The molecular formula is C12H17Cl2NOS. The van der Waals surface area contributed by atoms with Crippen LogP contribution in [0.3, 0.4) is 0 Å². The van der Waals surface area contributed by atoms with Gasteiger partial charge in [0.15, 0.2) is 0 Å². The lowest BCUT2D eigenvalue weighted by Crippen LogP contribution is -2.17. The molecule has 0 fully saturated rings. The smallest absolute Gasteiger partial charge is 0.138 e. The van der Waals surface area contributed by atoms with Crippen LogP contribution < -0.4 is 5.32 Å². The summed E-state index contributed by atoms with van der Waals surface area (Å²) >= 11 is 13.6. The lowest BCUT2D eigenvalue weighted by atomic mass is 10.2. The Morgan fingerprint density at radius 3 is 2.76 bits per heavy atom. The lowest BCUT2D eigenvalue weighted by molar-refractivity contribution is 0.464. The van der Waals surface area contributed by atoms with Gasteiger partial charge >= 0.3 is 0 Å². The summed E-state index contributed by atoms with van der Waals surface area (Å²) in [5.74, 6) is 0.112. The summed E-state index contributed by atoms with van der Waals surface area (Å²) < 4.78 is 0. The zero-order valence-corrected chi connectivity index (χ0v) is 12.3. The fourth-order valence-corrected chi connectivity index (χ4v) is 2.29. The molecule has 1 rings (SSSR count). The van der Waals surface area contributed by atoms with Gasteiger partial charge in [-0.1, -0.05) is 30.1 Å². The van der Waals surface area contributed by atoms with Crippen LogP contribution in [0.5, 0.6) is 5.75 Å². The molecule has 5 heteroatoms. The van der Waals surface area contributed by atoms with Gasteiger partial charge in [-0.05, 0) is 31.4 Å².